The molecule has 11 heavy (non-hydrogen) atoms. The number of rotatable bonds is 1. The summed E-state index contributed by atoms with van der Waals surface area (Å²) in [5.74, 6) is 0. The van der Waals surface area contributed by atoms with Crippen LogP contribution in [-0.2, 0) is 19.3 Å². The maximum absolute atomic E-state index is 11.8. The van der Waals surface area contributed by atoms with Gasteiger partial charge in [0.15, 0.2) is 0 Å². The van der Waals surface area contributed by atoms with Crippen LogP contribution in [-0.4, -0.2) is 0 Å². The predicted molar refractivity (Wildman–Crippen MR) is 43.3 cm³/mol. The Hall–Kier alpha value is -1.63. The maximum Gasteiger partial charge on any atom is 0.115 e. The molecule has 0 aliphatic rings. The summed E-state index contributed by atoms with van der Waals surface area (Å²) in [4.78, 5) is 0.757. The molecule has 3 heteroatoms. The quantitative estimate of drug-likeness (QED) is 0.495. The van der Waals surface area contributed by atoms with Crippen LogP contribution >= 0.6 is 0 Å². The molecule has 1 rings (SSSR count). The number of hydrogen-bond acceptors (Lipinski definition) is 1. The van der Waals surface area contributed by atoms with Gasteiger partial charge in [-0.2, -0.15) is 4.90 Å². The van der Waals surface area contributed by atoms with Gasteiger partial charge in [0, 0.05) is 0 Å². The van der Waals surface area contributed by atoms with Gasteiger partial charge >= 0.3 is 0 Å². The van der Waals surface area contributed by atoms with Crippen LogP contribution in [0.5, 0.6) is 0 Å². The fourth-order valence-corrected chi connectivity index (χ4v) is 0.715. The molecule has 0 bridgehead atoms. The van der Waals surface area contributed by atoms with E-state index in [2.05, 4.69) is 0 Å². The van der Waals surface area contributed by atoms with E-state index in [4.69, 9.17) is 12.6 Å². The molecule has 0 unspecified atom stereocenters. The van der Waals surface area contributed by atoms with Gasteiger partial charge in [0.2, 0.25) is 0 Å². The average Bonchev–Trinajstić information content (AvgIpc) is 1.90. The van der Waals surface area contributed by atoms with Gasteiger partial charge in [-0.15, -0.1) is 0 Å². The Bertz CT molecular complexity index is 186. The molecule has 0 N–H and O–H groups in total. The van der Waals surface area contributed by atoms with Crippen molar-refractivity contribution in [1.29, 1.82) is 0 Å². The molecule has 0 atom stereocenters. The Morgan fingerprint density at radius 2 is 1.64 bits per heavy atom. The second kappa shape index (κ2) is 5.18. The third kappa shape index (κ3) is 3.16. The van der Waals surface area contributed by atoms with Gasteiger partial charge in [-0.05, 0) is 5.56 Å². The smallest absolute Gasteiger partial charge is 0.115 e. The van der Waals surface area contributed by atoms with E-state index in [1.807, 2.05) is 0 Å². The Kier molecular flexibility index (Phi) is 5.69. The molecule has 0 heterocycles. The largest absolute Gasteiger partial charge is 0.780 e. The van der Waals surface area contributed by atoms with E-state index < -0.39 is 6.67 Å². The summed E-state index contributed by atoms with van der Waals surface area (Å²) in [5.41, 5.74) is 0.684. The van der Waals surface area contributed by atoms with Crippen molar-refractivity contribution in [1.82, 2.24) is 0 Å². The Morgan fingerprint density at radius 3 is 2.00 bits per heavy atom. The van der Waals surface area contributed by atoms with E-state index in [0.717, 1.165) is 4.90 Å². The molecule has 0 spiro atoms. The second-order valence-electron chi connectivity index (χ2n) is 1.78. The summed E-state index contributed by atoms with van der Waals surface area (Å²) in [5, 5.41) is 0. The average molecular weight is 423 g/mol. The Morgan fingerprint density at radius 1 is 1.18 bits per heavy atom. The van der Waals surface area contributed by atoms with E-state index in [0.29, 0.717) is 5.56 Å². The Balaban J connectivity index is 0. The number of alkyl halides is 1. The van der Waals surface area contributed by atoms with Gasteiger partial charge in [0.05, 0.1) is 0 Å². The normalized spacial score (nSPS) is 7.73. The summed E-state index contributed by atoms with van der Waals surface area (Å²) in [7, 11) is 0. The van der Waals surface area contributed by atoms with Crippen molar-refractivity contribution < 1.29 is 4.39 Å². The first-order chi connectivity index (χ1) is 4.33. The van der Waals surface area contributed by atoms with Crippen molar-refractivity contribution in [2.24, 2.45) is 0 Å². The van der Waals surface area contributed by atoms with E-state index in [1.54, 1.807) is 24.3 Å². The fourth-order valence-electron chi connectivity index (χ4n) is 0.579. The van der Waals surface area contributed by atoms with Crippen molar-refractivity contribution in [2.45, 2.75) is 11.6 Å². The van der Waals surface area contributed by atoms with Gasteiger partial charge in [0.1, 0.15) is 6.67 Å². The SMILES string of the molecule is FCc1ccc([S-])cc1.[CH3-].[Rf]. The molecule has 0 fully saturated rings. The first-order valence-corrected chi connectivity index (χ1v) is 3.05. The third-order valence-corrected chi connectivity index (χ3v) is 1.35. The van der Waals surface area contributed by atoms with Gasteiger partial charge in [-0.25, -0.2) is 4.39 Å². The van der Waals surface area contributed by atoms with Crippen LogP contribution in [0.3, 0.4) is 0 Å². The molecule has 0 saturated carbocycles. The summed E-state index contributed by atoms with van der Waals surface area (Å²) in [6, 6.07) is 6.85. The van der Waals surface area contributed by atoms with Gasteiger partial charge in [-0.3, -0.25) is 0 Å². The molecule has 0 aliphatic carbocycles. The van der Waals surface area contributed by atoms with E-state index in [1.165, 1.54) is 0 Å². The van der Waals surface area contributed by atoms with Crippen LogP contribution < -0.4 is 0 Å². The number of hydrogen-bond donors (Lipinski definition) is 0. The van der Waals surface area contributed by atoms with Crippen molar-refractivity contribution in [3.63, 3.8) is 0 Å². The minimum absolute atomic E-state index is 0. The van der Waals surface area contributed by atoms with E-state index in [9.17, 15) is 4.39 Å². The topological polar surface area (TPSA) is 0 Å². The van der Waals surface area contributed by atoms with Gasteiger partial charge < -0.3 is 20.1 Å². The van der Waals surface area contributed by atoms with E-state index >= 15 is 0 Å². The van der Waals surface area contributed by atoms with Gasteiger partial charge in [0.25, 0.3) is 0 Å². The molecular weight excluding hydrogens is 414 g/mol. The molecule has 0 aromatic heterocycles. The fraction of sp³-hybridized carbons (Fsp3) is 0.125. The molecule has 0 saturated heterocycles. The first-order valence-electron chi connectivity index (χ1n) is 2.65. The summed E-state index contributed by atoms with van der Waals surface area (Å²) < 4.78 is 11.8. The summed E-state index contributed by atoms with van der Waals surface area (Å²) in [6.45, 7) is -0.407. The molecule has 1 aromatic rings. The van der Waals surface area contributed by atoms with Crippen LogP contribution in [0.15, 0.2) is 29.2 Å². The molecule has 0 radical (unpaired) electrons. The van der Waals surface area contributed by atoms with Crippen LogP contribution in [0.25, 0.3) is 0 Å². The molecular formula is C8H9FRfS-2. The van der Waals surface area contributed by atoms with Crippen molar-refractivity contribution in [3.05, 3.63) is 37.3 Å². The second-order valence-corrected chi connectivity index (χ2v) is 2.25. The zero-order valence-corrected chi connectivity index (χ0v) is 13.7. The zero-order valence-electron chi connectivity index (χ0n) is 6.51. The summed E-state index contributed by atoms with van der Waals surface area (Å²) >= 11 is 4.80. The molecule has 1 aromatic carbocycles. The van der Waals surface area contributed by atoms with Crippen LogP contribution in [0.4, 0.5) is 4.39 Å². The van der Waals surface area contributed by atoms with E-state index in [-0.39, 0.29) is 7.43 Å². The third-order valence-electron chi connectivity index (χ3n) is 1.08. The summed E-state index contributed by atoms with van der Waals surface area (Å²) in [6.07, 6.45) is 0. The molecule has 0 nitrogen and oxygen atoms in total. The zero-order chi connectivity index (χ0) is 6.69. The number of halogens is 1. The minimum Gasteiger partial charge on any atom is -0.780 e. The van der Waals surface area contributed by atoms with Crippen LogP contribution in [0.2, 0.25) is 0 Å². The van der Waals surface area contributed by atoms with Gasteiger partial charge in [-0.1, -0.05) is 24.3 Å². The van der Waals surface area contributed by atoms with Crippen LogP contribution in [0, 0.1) is 7.43 Å². The first kappa shape index (κ1) is 12.1. The van der Waals surface area contributed by atoms with Crippen LogP contribution in [0.1, 0.15) is 5.56 Å². The van der Waals surface area contributed by atoms with Crippen molar-refractivity contribution >= 4 is 12.6 Å². The monoisotopic (exact) mass is 423 g/mol. The minimum atomic E-state index is -0.407. The van der Waals surface area contributed by atoms with Crippen molar-refractivity contribution in [3.8, 4) is 0 Å². The predicted octanol–water partition coefficient (Wildman–Crippen LogP) is 2.51. The molecule has 0 aliphatic heterocycles. The maximum atomic E-state index is 11.8. The Labute approximate surface area is 66.5 Å². The number of benzene rings is 1. The van der Waals surface area contributed by atoms with Crippen molar-refractivity contribution in [2.75, 3.05) is 0 Å². The molecule has 58 valence electrons. The molecule has 0 amide bonds. The standard InChI is InChI=1S/C7H7FS.CH3.Rf/c8-5-6-1-3-7(9)4-2-6;;/h1-4,9H,5H2;1H3;/q;-1;/p-1.